The van der Waals surface area contributed by atoms with Gasteiger partial charge in [0, 0.05) is 42.7 Å². The molecule has 2 aliphatic heterocycles. The lowest BCUT2D eigenvalue weighted by molar-refractivity contribution is -0.124. The first-order valence-corrected chi connectivity index (χ1v) is 14.6. The second-order valence-electron chi connectivity index (χ2n) is 10.6. The molecule has 3 aliphatic rings. The number of nitrogens with one attached hydrogen (secondary N) is 1. The summed E-state index contributed by atoms with van der Waals surface area (Å²) in [4.78, 5) is 33.3. The molecule has 6 rings (SSSR count). The molecule has 0 radical (unpaired) electrons. The van der Waals surface area contributed by atoms with Crippen LogP contribution in [0.25, 0.3) is 0 Å². The summed E-state index contributed by atoms with van der Waals surface area (Å²) in [5, 5.41) is 5.33. The maximum atomic E-state index is 13.9. The fourth-order valence-corrected chi connectivity index (χ4v) is 7.41. The standard InChI is InChI=1S/C31H35N3O2S/c35-30(32-17-8-18-33-19-16-22-9-1-2-10-23(22)21-33)28-25-13-5-6-14-26(25)31(36)34(24-11-3-4-12-24)29(28)27-15-7-20-37-27/h1-2,5-7,9-10,13-15,20,24,28-29H,3-4,8,11-12,16-19,21H2,(H,32,35). The van der Waals surface area contributed by atoms with Crippen LogP contribution in [0.4, 0.5) is 0 Å². The topological polar surface area (TPSA) is 52.7 Å². The van der Waals surface area contributed by atoms with Crippen LogP contribution in [0.1, 0.15) is 76.0 Å². The Kier molecular flexibility index (Phi) is 7.12. The molecule has 1 fully saturated rings. The normalized spacial score (nSPS) is 22.1. The van der Waals surface area contributed by atoms with Crippen molar-refractivity contribution in [3.05, 3.63) is 93.2 Å². The highest BCUT2D eigenvalue weighted by Gasteiger charge is 2.47. The third-order valence-electron chi connectivity index (χ3n) is 8.37. The van der Waals surface area contributed by atoms with Gasteiger partial charge >= 0.3 is 0 Å². The SMILES string of the molecule is O=C(NCCCN1CCc2ccccc2C1)C1c2ccccc2C(=O)N(C2CCCC2)C1c1cccs1. The van der Waals surface area contributed by atoms with E-state index in [2.05, 4.69) is 50.8 Å². The molecular formula is C31H35N3O2S. The van der Waals surface area contributed by atoms with Crippen molar-refractivity contribution in [2.45, 2.75) is 63.1 Å². The van der Waals surface area contributed by atoms with Crippen molar-refractivity contribution < 1.29 is 9.59 Å². The van der Waals surface area contributed by atoms with E-state index < -0.39 is 5.92 Å². The van der Waals surface area contributed by atoms with Crippen LogP contribution in [0.15, 0.2) is 66.0 Å². The fraction of sp³-hybridized carbons (Fsp3) is 0.419. The second-order valence-corrected chi connectivity index (χ2v) is 11.6. The summed E-state index contributed by atoms with van der Waals surface area (Å²) < 4.78 is 0. The van der Waals surface area contributed by atoms with Crippen LogP contribution in [0.3, 0.4) is 0 Å². The highest BCUT2D eigenvalue weighted by atomic mass is 32.1. The Labute approximate surface area is 223 Å². The summed E-state index contributed by atoms with van der Waals surface area (Å²) in [7, 11) is 0. The van der Waals surface area contributed by atoms with Gasteiger partial charge in [0.05, 0.1) is 12.0 Å². The Morgan fingerprint density at radius 1 is 0.973 bits per heavy atom. The minimum Gasteiger partial charge on any atom is -0.355 e. The zero-order valence-electron chi connectivity index (χ0n) is 21.3. The average Bonchev–Trinajstić information content (AvgIpc) is 3.66. The molecular weight excluding hydrogens is 478 g/mol. The maximum absolute atomic E-state index is 13.9. The summed E-state index contributed by atoms with van der Waals surface area (Å²) in [5.41, 5.74) is 4.44. The van der Waals surface area contributed by atoms with Gasteiger partial charge in [0.15, 0.2) is 0 Å². The number of carbonyl (C=O) groups excluding carboxylic acids is 2. The Bertz CT molecular complexity index is 1250. The number of amides is 2. The first kappa shape index (κ1) is 24.4. The van der Waals surface area contributed by atoms with Gasteiger partial charge < -0.3 is 10.2 Å². The largest absolute Gasteiger partial charge is 0.355 e. The van der Waals surface area contributed by atoms with Gasteiger partial charge in [0.2, 0.25) is 5.91 Å². The van der Waals surface area contributed by atoms with Crippen molar-refractivity contribution in [1.82, 2.24) is 15.1 Å². The molecule has 1 saturated carbocycles. The van der Waals surface area contributed by atoms with E-state index in [0.717, 1.165) is 68.6 Å². The smallest absolute Gasteiger partial charge is 0.254 e. The summed E-state index contributed by atoms with van der Waals surface area (Å²) >= 11 is 1.65. The van der Waals surface area contributed by atoms with Crippen LogP contribution in [0.2, 0.25) is 0 Å². The van der Waals surface area contributed by atoms with E-state index in [1.165, 1.54) is 11.1 Å². The summed E-state index contributed by atoms with van der Waals surface area (Å²) in [6.07, 6.45) is 6.33. The van der Waals surface area contributed by atoms with Gasteiger partial charge in [-0.1, -0.05) is 61.4 Å². The van der Waals surface area contributed by atoms with Crippen LogP contribution in [0, 0.1) is 0 Å². The molecule has 3 aromatic rings. The number of fused-ring (bicyclic) bond motifs is 2. The quantitative estimate of drug-likeness (QED) is 0.422. The molecule has 1 aliphatic carbocycles. The van der Waals surface area contributed by atoms with Gasteiger partial charge in [-0.15, -0.1) is 11.3 Å². The molecule has 2 unspecified atom stereocenters. The fourth-order valence-electron chi connectivity index (χ4n) is 6.55. The van der Waals surface area contributed by atoms with E-state index in [4.69, 9.17) is 0 Å². The van der Waals surface area contributed by atoms with E-state index >= 15 is 0 Å². The van der Waals surface area contributed by atoms with Gasteiger partial charge in [-0.2, -0.15) is 0 Å². The molecule has 192 valence electrons. The van der Waals surface area contributed by atoms with Crippen LogP contribution < -0.4 is 5.32 Å². The molecule has 1 aromatic heterocycles. The van der Waals surface area contributed by atoms with E-state index in [0.29, 0.717) is 12.1 Å². The minimum atomic E-state index is -0.394. The molecule has 0 saturated heterocycles. The van der Waals surface area contributed by atoms with E-state index in [1.54, 1.807) is 11.3 Å². The summed E-state index contributed by atoms with van der Waals surface area (Å²) in [6.45, 7) is 3.67. The van der Waals surface area contributed by atoms with Crippen molar-refractivity contribution >= 4 is 23.2 Å². The average molecular weight is 514 g/mol. The lowest BCUT2D eigenvalue weighted by Gasteiger charge is -2.44. The predicted octanol–water partition coefficient (Wildman–Crippen LogP) is 5.54. The van der Waals surface area contributed by atoms with Crippen molar-refractivity contribution in [2.75, 3.05) is 19.6 Å². The molecule has 5 nitrogen and oxygen atoms in total. The van der Waals surface area contributed by atoms with E-state index in [-0.39, 0.29) is 23.9 Å². The van der Waals surface area contributed by atoms with Crippen molar-refractivity contribution in [2.24, 2.45) is 0 Å². The second kappa shape index (κ2) is 10.8. The zero-order valence-corrected chi connectivity index (χ0v) is 22.1. The number of thiophene rings is 1. The van der Waals surface area contributed by atoms with Gasteiger partial charge in [-0.05, 0) is 59.9 Å². The first-order chi connectivity index (χ1) is 18.2. The molecule has 1 N–H and O–H groups in total. The third-order valence-corrected chi connectivity index (χ3v) is 9.31. The Morgan fingerprint density at radius 3 is 2.57 bits per heavy atom. The zero-order chi connectivity index (χ0) is 25.2. The summed E-state index contributed by atoms with van der Waals surface area (Å²) in [5.74, 6) is -0.282. The molecule has 2 atom stereocenters. The number of hydrogen-bond acceptors (Lipinski definition) is 4. The Morgan fingerprint density at radius 2 is 1.76 bits per heavy atom. The highest BCUT2D eigenvalue weighted by molar-refractivity contribution is 7.10. The van der Waals surface area contributed by atoms with Gasteiger partial charge in [-0.3, -0.25) is 14.5 Å². The first-order valence-electron chi connectivity index (χ1n) is 13.7. The van der Waals surface area contributed by atoms with Crippen LogP contribution >= 0.6 is 11.3 Å². The van der Waals surface area contributed by atoms with Crippen LogP contribution in [-0.4, -0.2) is 47.3 Å². The predicted molar refractivity (Wildman–Crippen MR) is 148 cm³/mol. The monoisotopic (exact) mass is 513 g/mol. The number of nitrogens with zero attached hydrogens (tertiary/aromatic N) is 2. The molecule has 2 aromatic carbocycles. The molecule has 0 bridgehead atoms. The van der Waals surface area contributed by atoms with Gasteiger partial charge in [-0.25, -0.2) is 0 Å². The van der Waals surface area contributed by atoms with Crippen LogP contribution in [0.5, 0.6) is 0 Å². The molecule has 2 amide bonds. The molecule has 6 heteroatoms. The molecule has 0 spiro atoms. The molecule has 37 heavy (non-hydrogen) atoms. The Balaban J connectivity index is 1.19. The van der Waals surface area contributed by atoms with Crippen molar-refractivity contribution in [3.63, 3.8) is 0 Å². The number of rotatable bonds is 7. The number of benzene rings is 2. The Hall–Kier alpha value is -2.96. The number of carbonyl (C=O) groups is 2. The molecule has 3 heterocycles. The number of hydrogen-bond donors (Lipinski definition) is 1. The lowest BCUT2D eigenvalue weighted by atomic mass is 9.80. The van der Waals surface area contributed by atoms with E-state index in [1.807, 2.05) is 30.3 Å². The third kappa shape index (κ3) is 4.85. The minimum absolute atomic E-state index is 0.0327. The highest BCUT2D eigenvalue weighted by Crippen LogP contribution is 2.47. The maximum Gasteiger partial charge on any atom is 0.254 e. The van der Waals surface area contributed by atoms with Gasteiger partial charge in [0.1, 0.15) is 0 Å². The summed E-state index contributed by atoms with van der Waals surface area (Å²) in [6, 6.07) is 20.5. The lowest BCUT2D eigenvalue weighted by Crippen LogP contribution is -2.50. The van der Waals surface area contributed by atoms with Crippen molar-refractivity contribution in [1.29, 1.82) is 0 Å². The van der Waals surface area contributed by atoms with E-state index in [9.17, 15) is 9.59 Å². The van der Waals surface area contributed by atoms with Crippen LogP contribution in [-0.2, 0) is 17.8 Å². The van der Waals surface area contributed by atoms with Crippen molar-refractivity contribution in [3.8, 4) is 0 Å². The van der Waals surface area contributed by atoms with Gasteiger partial charge in [0.25, 0.3) is 5.91 Å².